The lowest BCUT2D eigenvalue weighted by Gasteiger charge is -2.24. The van der Waals surface area contributed by atoms with E-state index in [0.717, 1.165) is 11.1 Å². The lowest BCUT2D eigenvalue weighted by molar-refractivity contribution is -0.00180. The van der Waals surface area contributed by atoms with Gasteiger partial charge in [-0.25, -0.2) is 9.07 Å². The number of carbonyl (C=O) groups is 1. The van der Waals surface area contributed by atoms with E-state index in [0.29, 0.717) is 23.7 Å². The van der Waals surface area contributed by atoms with Crippen LogP contribution in [0.5, 0.6) is 11.5 Å². The summed E-state index contributed by atoms with van der Waals surface area (Å²) in [6, 6.07) is 11.6. The van der Waals surface area contributed by atoms with Crippen molar-refractivity contribution in [2.24, 2.45) is 0 Å². The van der Waals surface area contributed by atoms with Crippen molar-refractivity contribution in [2.45, 2.75) is 25.8 Å². The van der Waals surface area contributed by atoms with Gasteiger partial charge in [0.15, 0.2) is 17.2 Å². The summed E-state index contributed by atoms with van der Waals surface area (Å²) in [5.41, 5.74) is 2.44. The SMILES string of the molecule is COc1cccc(CNC(=O)c2nnn3c2CO[C@@H](c2ccc(F)cc2)C3)c1OC. The first kappa shape index (κ1) is 19.8. The van der Waals surface area contributed by atoms with Gasteiger partial charge < -0.3 is 19.5 Å². The number of para-hydroxylation sites is 1. The van der Waals surface area contributed by atoms with E-state index in [1.54, 1.807) is 37.1 Å². The Kier molecular flexibility index (Phi) is 5.62. The van der Waals surface area contributed by atoms with E-state index in [-0.39, 0.29) is 36.7 Å². The second kappa shape index (κ2) is 8.50. The Morgan fingerprint density at radius 3 is 2.77 bits per heavy atom. The van der Waals surface area contributed by atoms with E-state index in [1.807, 2.05) is 12.1 Å². The molecule has 1 N–H and O–H groups in total. The van der Waals surface area contributed by atoms with E-state index in [9.17, 15) is 9.18 Å². The van der Waals surface area contributed by atoms with Crippen molar-refractivity contribution in [3.63, 3.8) is 0 Å². The van der Waals surface area contributed by atoms with Gasteiger partial charge in [-0.3, -0.25) is 4.79 Å². The maximum absolute atomic E-state index is 13.1. The maximum atomic E-state index is 13.1. The van der Waals surface area contributed by atoms with Crippen LogP contribution in [0.2, 0.25) is 0 Å². The predicted octanol–water partition coefficient (Wildman–Crippen LogP) is 2.64. The predicted molar refractivity (Wildman–Crippen MR) is 105 cm³/mol. The topological polar surface area (TPSA) is 87.5 Å². The molecule has 30 heavy (non-hydrogen) atoms. The molecule has 0 fully saturated rings. The van der Waals surface area contributed by atoms with E-state index in [4.69, 9.17) is 14.2 Å². The number of carbonyl (C=O) groups excluding carboxylic acids is 1. The van der Waals surface area contributed by atoms with Crippen LogP contribution in [0.15, 0.2) is 42.5 Å². The molecular weight excluding hydrogens is 391 g/mol. The number of rotatable bonds is 6. The number of benzene rings is 2. The van der Waals surface area contributed by atoms with Crippen LogP contribution in [0.25, 0.3) is 0 Å². The molecule has 0 saturated heterocycles. The molecular formula is C21H21FN4O4. The Labute approximate surface area is 172 Å². The van der Waals surface area contributed by atoms with Gasteiger partial charge in [-0.05, 0) is 23.8 Å². The molecule has 0 saturated carbocycles. The number of methoxy groups -OCH3 is 2. The molecule has 0 bridgehead atoms. The number of ether oxygens (including phenoxy) is 3. The molecule has 156 valence electrons. The van der Waals surface area contributed by atoms with Gasteiger partial charge in [-0.15, -0.1) is 5.10 Å². The van der Waals surface area contributed by atoms with E-state index < -0.39 is 0 Å². The van der Waals surface area contributed by atoms with Gasteiger partial charge in [0.1, 0.15) is 11.9 Å². The minimum Gasteiger partial charge on any atom is -0.493 e. The Bertz CT molecular complexity index is 1050. The number of fused-ring (bicyclic) bond motifs is 1. The third kappa shape index (κ3) is 3.84. The summed E-state index contributed by atoms with van der Waals surface area (Å²) in [5, 5.41) is 11.0. The molecule has 1 amide bonds. The van der Waals surface area contributed by atoms with Crippen LogP contribution in [0, 0.1) is 5.82 Å². The van der Waals surface area contributed by atoms with Gasteiger partial charge in [-0.2, -0.15) is 0 Å². The Morgan fingerprint density at radius 1 is 1.23 bits per heavy atom. The fraction of sp³-hybridized carbons (Fsp3) is 0.286. The number of amides is 1. The van der Waals surface area contributed by atoms with E-state index >= 15 is 0 Å². The highest BCUT2D eigenvalue weighted by Gasteiger charge is 2.27. The second-order valence-electron chi connectivity index (χ2n) is 6.75. The molecule has 0 unspecified atom stereocenters. The Morgan fingerprint density at radius 2 is 2.03 bits per heavy atom. The number of halogens is 1. The Hall–Kier alpha value is -3.46. The second-order valence-corrected chi connectivity index (χ2v) is 6.75. The first-order valence-corrected chi connectivity index (χ1v) is 9.38. The normalized spacial score (nSPS) is 15.4. The minimum atomic E-state index is -0.357. The largest absolute Gasteiger partial charge is 0.493 e. The first-order valence-electron chi connectivity index (χ1n) is 9.38. The summed E-state index contributed by atoms with van der Waals surface area (Å²) in [6.07, 6.45) is -0.281. The lowest BCUT2D eigenvalue weighted by atomic mass is 10.1. The van der Waals surface area contributed by atoms with E-state index in [1.165, 1.54) is 12.1 Å². The summed E-state index contributed by atoms with van der Waals surface area (Å²) >= 11 is 0. The van der Waals surface area contributed by atoms with Crippen molar-refractivity contribution in [3.8, 4) is 11.5 Å². The number of hydrogen-bond acceptors (Lipinski definition) is 6. The lowest BCUT2D eigenvalue weighted by Crippen LogP contribution is -2.27. The number of nitrogens with one attached hydrogen (secondary N) is 1. The smallest absolute Gasteiger partial charge is 0.274 e. The van der Waals surface area contributed by atoms with Crippen molar-refractivity contribution in [3.05, 3.63) is 70.8 Å². The maximum Gasteiger partial charge on any atom is 0.274 e. The average Bonchev–Trinajstić information content (AvgIpc) is 3.21. The van der Waals surface area contributed by atoms with Crippen LogP contribution < -0.4 is 14.8 Å². The van der Waals surface area contributed by atoms with Gasteiger partial charge in [-0.1, -0.05) is 29.5 Å². The molecule has 2 heterocycles. The highest BCUT2D eigenvalue weighted by atomic mass is 19.1. The van der Waals surface area contributed by atoms with Crippen molar-refractivity contribution < 1.29 is 23.4 Å². The van der Waals surface area contributed by atoms with Crippen molar-refractivity contribution in [1.29, 1.82) is 0 Å². The molecule has 8 nitrogen and oxygen atoms in total. The first-order chi connectivity index (χ1) is 14.6. The standard InChI is InChI=1S/C21H21FN4O4/c1-28-17-5-3-4-14(20(17)29-2)10-23-21(27)19-16-12-30-18(11-26(16)25-24-19)13-6-8-15(22)9-7-13/h3-9,18H,10-12H2,1-2H3,(H,23,27)/t18-/m1/s1. The molecule has 4 rings (SSSR count). The van der Waals surface area contributed by atoms with Crippen LogP contribution in [0.1, 0.15) is 33.4 Å². The van der Waals surface area contributed by atoms with Crippen LogP contribution >= 0.6 is 0 Å². The summed E-state index contributed by atoms with van der Waals surface area (Å²) in [6.45, 7) is 0.815. The number of aromatic nitrogens is 3. The van der Waals surface area contributed by atoms with Gasteiger partial charge in [0.25, 0.3) is 5.91 Å². The summed E-state index contributed by atoms with van der Waals surface area (Å²) in [4.78, 5) is 12.7. The Balaban J connectivity index is 1.46. The molecule has 0 radical (unpaired) electrons. The highest BCUT2D eigenvalue weighted by Crippen LogP contribution is 2.31. The summed E-state index contributed by atoms with van der Waals surface area (Å²) in [5.74, 6) is 0.494. The quantitative estimate of drug-likeness (QED) is 0.670. The zero-order valence-electron chi connectivity index (χ0n) is 16.6. The van der Waals surface area contributed by atoms with Crippen LogP contribution in [-0.2, 0) is 24.4 Å². The molecule has 1 aliphatic heterocycles. The van der Waals surface area contributed by atoms with Gasteiger partial charge in [0, 0.05) is 12.1 Å². The van der Waals surface area contributed by atoms with Crippen molar-refractivity contribution in [1.82, 2.24) is 20.3 Å². The average molecular weight is 412 g/mol. The molecule has 1 atom stereocenters. The van der Waals surface area contributed by atoms with Crippen LogP contribution in [0.4, 0.5) is 4.39 Å². The van der Waals surface area contributed by atoms with Crippen molar-refractivity contribution >= 4 is 5.91 Å². The minimum absolute atomic E-state index is 0.181. The number of hydrogen-bond donors (Lipinski definition) is 1. The van der Waals surface area contributed by atoms with Crippen LogP contribution in [-0.4, -0.2) is 35.1 Å². The highest BCUT2D eigenvalue weighted by molar-refractivity contribution is 5.93. The third-order valence-electron chi connectivity index (χ3n) is 4.98. The van der Waals surface area contributed by atoms with Crippen LogP contribution in [0.3, 0.4) is 0 Å². The van der Waals surface area contributed by atoms with E-state index in [2.05, 4.69) is 15.6 Å². The molecule has 3 aromatic rings. The van der Waals surface area contributed by atoms with Gasteiger partial charge in [0.05, 0.1) is 33.1 Å². The summed E-state index contributed by atoms with van der Waals surface area (Å²) in [7, 11) is 3.11. The van der Waals surface area contributed by atoms with Gasteiger partial charge >= 0.3 is 0 Å². The fourth-order valence-electron chi connectivity index (χ4n) is 3.42. The zero-order chi connectivity index (χ0) is 21.1. The zero-order valence-corrected chi connectivity index (χ0v) is 16.6. The number of nitrogens with zero attached hydrogens (tertiary/aromatic N) is 3. The summed E-state index contributed by atoms with van der Waals surface area (Å²) < 4.78 is 31.3. The molecule has 0 spiro atoms. The third-order valence-corrected chi connectivity index (χ3v) is 4.98. The molecule has 1 aromatic heterocycles. The van der Waals surface area contributed by atoms with Gasteiger partial charge in [0.2, 0.25) is 0 Å². The molecule has 2 aromatic carbocycles. The fourth-order valence-corrected chi connectivity index (χ4v) is 3.42. The monoisotopic (exact) mass is 412 g/mol. The molecule has 9 heteroatoms. The molecule has 1 aliphatic rings. The molecule has 0 aliphatic carbocycles. The van der Waals surface area contributed by atoms with Crippen molar-refractivity contribution in [2.75, 3.05) is 14.2 Å².